The van der Waals surface area contributed by atoms with Gasteiger partial charge in [-0.2, -0.15) is 0 Å². The maximum atomic E-state index is 11.8. The van der Waals surface area contributed by atoms with Gasteiger partial charge in [-0.1, -0.05) is 6.92 Å². The highest BCUT2D eigenvalue weighted by Crippen LogP contribution is 2.07. The van der Waals surface area contributed by atoms with E-state index in [0.29, 0.717) is 6.54 Å². The summed E-state index contributed by atoms with van der Waals surface area (Å²) in [6.45, 7) is 8.15. The summed E-state index contributed by atoms with van der Waals surface area (Å²) in [5.74, 6) is 0. The SMILES string of the molecule is CCC(C)(C)NCC(C)OCC(F)F. The molecule has 1 unspecified atom stereocenters. The maximum Gasteiger partial charge on any atom is 0.261 e. The van der Waals surface area contributed by atoms with Gasteiger partial charge in [0.1, 0.15) is 6.61 Å². The Labute approximate surface area is 85.0 Å². The quantitative estimate of drug-likeness (QED) is 0.695. The van der Waals surface area contributed by atoms with Gasteiger partial charge in [0, 0.05) is 12.1 Å². The van der Waals surface area contributed by atoms with Crippen molar-refractivity contribution < 1.29 is 13.5 Å². The van der Waals surface area contributed by atoms with Gasteiger partial charge >= 0.3 is 0 Å². The molecule has 86 valence electrons. The van der Waals surface area contributed by atoms with Crippen LogP contribution in [0.3, 0.4) is 0 Å². The third-order valence-electron chi connectivity index (χ3n) is 2.26. The Kier molecular flexibility index (Phi) is 6.20. The summed E-state index contributed by atoms with van der Waals surface area (Å²) in [5.41, 5.74) is 0.0441. The van der Waals surface area contributed by atoms with E-state index in [-0.39, 0.29) is 11.6 Å². The second-order valence-corrected chi connectivity index (χ2v) is 4.15. The van der Waals surface area contributed by atoms with Crippen LogP contribution in [-0.2, 0) is 4.74 Å². The molecule has 0 aromatic rings. The lowest BCUT2D eigenvalue weighted by molar-refractivity contribution is -0.0183. The summed E-state index contributed by atoms with van der Waals surface area (Å²) in [4.78, 5) is 0. The molecule has 0 aromatic heterocycles. The van der Waals surface area contributed by atoms with E-state index in [9.17, 15) is 8.78 Å². The van der Waals surface area contributed by atoms with E-state index in [0.717, 1.165) is 6.42 Å². The van der Waals surface area contributed by atoms with Crippen molar-refractivity contribution in [3.05, 3.63) is 0 Å². The van der Waals surface area contributed by atoms with Gasteiger partial charge in [-0.05, 0) is 27.2 Å². The van der Waals surface area contributed by atoms with Crippen molar-refractivity contribution in [2.24, 2.45) is 0 Å². The van der Waals surface area contributed by atoms with E-state index in [2.05, 4.69) is 26.1 Å². The zero-order valence-electron chi connectivity index (χ0n) is 9.44. The van der Waals surface area contributed by atoms with Gasteiger partial charge in [-0.15, -0.1) is 0 Å². The molecular formula is C10H21F2NO. The van der Waals surface area contributed by atoms with Crippen molar-refractivity contribution in [3.63, 3.8) is 0 Å². The average Bonchev–Trinajstić information content (AvgIpc) is 2.11. The van der Waals surface area contributed by atoms with Crippen molar-refractivity contribution in [2.75, 3.05) is 13.2 Å². The molecule has 0 radical (unpaired) electrons. The van der Waals surface area contributed by atoms with Gasteiger partial charge in [0.25, 0.3) is 6.43 Å². The van der Waals surface area contributed by atoms with E-state index in [1.165, 1.54) is 0 Å². The molecule has 0 aliphatic carbocycles. The molecule has 0 amide bonds. The number of rotatable bonds is 7. The molecule has 0 aromatic carbocycles. The van der Waals surface area contributed by atoms with Crippen molar-refractivity contribution in [2.45, 2.75) is 52.2 Å². The minimum absolute atomic E-state index is 0.0441. The van der Waals surface area contributed by atoms with Gasteiger partial charge in [-0.3, -0.25) is 0 Å². The smallest absolute Gasteiger partial charge is 0.261 e. The fourth-order valence-electron chi connectivity index (χ4n) is 0.841. The van der Waals surface area contributed by atoms with Gasteiger partial charge in [0.05, 0.1) is 6.10 Å². The van der Waals surface area contributed by atoms with Crippen LogP contribution in [0.2, 0.25) is 0 Å². The highest BCUT2D eigenvalue weighted by Gasteiger charge is 2.15. The molecule has 0 aliphatic rings. The molecule has 2 nitrogen and oxygen atoms in total. The minimum atomic E-state index is -2.38. The lowest BCUT2D eigenvalue weighted by atomic mass is 10.0. The summed E-state index contributed by atoms with van der Waals surface area (Å²) < 4.78 is 28.5. The van der Waals surface area contributed by atoms with E-state index in [1.807, 2.05) is 0 Å². The molecule has 0 spiro atoms. The van der Waals surface area contributed by atoms with Crippen molar-refractivity contribution >= 4 is 0 Å². The summed E-state index contributed by atoms with van der Waals surface area (Å²) >= 11 is 0. The normalized spacial score (nSPS) is 14.8. The Hall–Kier alpha value is -0.220. The highest BCUT2D eigenvalue weighted by molar-refractivity contribution is 4.76. The maximum absolute atomic E-state index is 11.8. The second kappa shape index (κ2) is 6.30. The Bertz CT molecular complexity index is 151. The standard InChI is InChI=1S/C10H21F2NO/c1-5-10(3,4)13-6-8(2)14-7-9(11)12/h8-9,13H,5-7H2,1-4H3. The molecule has 0 bridgehead atoms. The van der Waals surface area contributed by atoms with E-state index in [1.54, 1.807) is 6.92 Å². The van der Waals surface area contributed by atoms with Crippen LogP contribution >= 0.6 is 0 Å². The molecule has 0 fully saturated rings. The molecule has 0 aliphatic heterocycles. The molecule has 0 saturated carbocycles. The van der Waals surface area contributed by atoms with Crippen LogP contribution in [0.1, 0.15) is 34.1 Å². The Balaban J connectivity index is 3.58. The van der Waals surface area contributed by atoms with Crippen molar-refractivity contribution in [1.29, 1.82) is 0 Å². The fraction of sp³-hybridized carbons (Fsp3) is 1.00. The van der Waals surface area contributed by atoms with Gasteiger partial charge in [0.15, 0.2) is 0 Å². The van der Waals surface area contributed by atoms with Crippen LogP contribution < -0.4 is 5.32 Å². The van der Waals surface area contributed by atoms with Crippen LogP contribution in [0.25, 0.3) is 0 Å². The largest absolute Gasteiger partial charge is 0.371 e. The summed E-state index contributed by atoms with van der Waals surface area (Å²) in [7, 11) is 0. The Morgan fingerprint density at radius 2 is 1.93 bits per heavy atom. The number of halogens is 2. The first kappa shape index (κ1) is 13.8. The second-order valence-electron chi connectivity index (χ2n) is 4.15. The summed E-state index contributed by atoms with van der Waals surface area (Å²) in [5, 5.41) is 3.26. The van der Waals surface area contributed by atoms with E-state index < -0.39 is 13.0 Å². The van der Waals surface area contributed by atoms with E-state index >= 15 is 0 Å². The van der Waals surface area contributed by atoms with Crippen LogP contribution in [-0.4, -0.2) is 31.2 Å². The average molecular weight is 209 g/mol. The monoisotopic (exact) mass is 209 g/mol. The number of nitrogens with one attached hydrogen (secondary N) is 1. The molecular weight excluding hydrogens is 188 g/mol. The van der Waals surface area contributed by atoms with Gasteiger partial charge in [-0.25, -0.2) is 8.78 Å². The molecule has 4 heteroatoms. The van der Waals surface area contributed by atoms with Crippen molar-refractivity contribution in [3.8, 4) is 0 Å². The van der Waals surface area contributed by atoms with Gasteiger partial charge < -0.3 is 10.1 Å². The lowest BCUT2D eigenvalue weighted by Gasteiger charge is -2.26. The first-order valence-corrected chi connectivity index (χ1v) is 5.02. The molecule has 0 saturated heterocycles. The van der Waals surface area contributed by atoms with Crippen LogP contribution in [0.5, 0.6) is 0 Å². The zero-order chi connectivity index (χ0) is 11.2. The van der Waals surface area contributed by atoms with Crippen LogP contribution in [0.15, 0.2) is 0 Å². The molecule has 14 heavy (non-hydrogen) atoms. The predicted molar refractivity (Wildman–Crippen MR) is 53.8 cm³/mol. The number of hydrogen-bond donors (Lipinski definition) is 1. The van der Waals surface area contributed by atoms with Crippen LogP contribution in [0, 0.1) is 0 Å². The zero-order valence-corrected chi connectivity index (χ0v) is 9.44. The topological polar surface area (TPSA) is 21.3 Å². The number of ether oxygens (including phenoxy) is 1. The Morgan fingerprint density at radius 1 is 1.36 bits per heavy atom. The van der Waals surface area contributed by atoms with Crippen molar-refractivity contribution in [1.82, 2.24) is 5.32 Å². The fourth-order valence-corrected chi connectivity index (χ4v) is 0.841. The first-order chi connectivity index (χ1) is 6.37. The molecule has 1 N–H and O–H groups in total. The summed E-state index contributed by atoms with van der Waals surface area (Å²) in [6, 6.07) is 0. The van der Waals surface area contributed by atoms with E-state index in [4.69, 9.17) is 4.74 Å². The molecule has 0 heterocycles. The number of hydrogen-bond acceptors (Lipinski definition) is 2. The lowest BCUT2D eigenvalue weighted by Crippen LogP contribution is -2.43. The molecule has 1 atom stereocenters. The molecule has 0 rings (SSSR count). The number of alkyl halides is 2. The predicted octanol–water partition coefficient (Wildman–Crippen LogP) is 2.43. The minimum Gasteiger partial charge on any atom is -0.371 e. The Morgan fingerprint density at radius 3 is 2.36 bits per heavy atom. The first-order valence-electron chi connectivity index (χ1n) is 5.02. The highest BCUT2D eigenvalue weighted by atomic mass is 19.3. The summed E-state index contributed by atoms with van der Waals surface area (Å²) in [6.07, 6.45) is -1.55. The third-order valence-corrected chi connectivity index (χ3v) is 2.26. The van der Waals surface area contributed by atoms with Crippen LogP contribution in [0.4, 0.5) is 8.78 Å². The third kappa shape index (κ3) is 7.21. The van der Waals surface area contributed by atoms with Gasteiger partial charge in [0.2, 0.25) is 0 Å².